The first-order valence-electron chi connectivity index (χ1n) is 13.2. The van der Waals surface area contributed by atoms with Gasteiger partial charge in [-0.15, -0.1) is 10.2 Å². The Kier molecular flexibility index (Phi) is 7.71. The molecule has 39 heavy (non-hydrogen) atoms. The van der Waals surface area contributed by atoms with Crippen LogP contribution in [0, 0.1) is 0 Å². The van der Waals surface area contributed by atoms with Crippen molar-refractivity contribution in [3.63, 3.8) is 0 Å². The smallest absolute Gasteiger partial charge is 0.336 e. The summed E-state index contributed by atoms with van der Waals surface area (Å²) in [6.45, 7) is 6.15. The topological polar surface area (TPSA) is 151 Å². The maximum Gasteiger partial charge on any atom is 0.336 e. The second kappa shape index (κ2) is 11.0. The quantitative estimate of drug-likeness (QED) is 0.262. The second-order valence-electron chi connectivity index (χ2n) is 9.78. The molecule has 0 spiro atoms. The minimum Gasteiger partial charge on any atom is -0.493 e. The van der Waals surface area contributed by atoms with E-state index in [1.54, 1.807) is 22.8 Å². The maximum absolute atomic E-state index is 13.5. The highest BCUT2D eigenvalue weighted by Gasteiger charge is 2.39. The molecule has 210 valence electrons. The molecule has 1 fully saturated rings. The number of hydrogen-bond donors (Lipinski definition) is 2. The van der Waals surface area contributed by atoms with E-state index in [-0.39, 0.29) is 23.2 Å². The van der Waals surface area contributed by atoms with Gasteiger partial charge in [-0.3, -0.25) is 9.47 Å². The number of unbranched alkanes of at least 4 members (excludes halogenated alkanes) is 1. The summed E-state index contributed by atoms with van der Waals surface area (Å²) in [5, 5.41) is 17.2. The zero-order chi connectivity index (χ0) is 27.7. The number of nitrogens with zero attached hydrogens (tertiary/aromatic N) is 7. The van der Waals surface area contributed by atoms with Gasteiger partial charge in [0.25, 0.3) is 0 Å². The van der Waals surface area contributed by atoms with Crippen molar-refractivity contribution in [3.8, 4) is 17.1 Å². The van der Waals surface area contributed by atoms with Crippen LogP contribution in [0.1, 0.15) is 33.1 Å². The van der Waals surface area contributed by atoms with Crippen molar-refractivity contribution in [3.05, 3.63) is 35.0 Å². The van der Waals surface area contributed by atoms with E-state index in [0.29, 0.717) is 66.7 Å². The lowest BCUT2D eigenvalue weighted by molar-refractivity contribution is 0.0933. The van der Waals surface area contributed by atoms with Crippen LogP contribution in [0.2, 0.25) is 0 Å². The van der Waals surface area contributed by atoms with Crippen molar-refractivity contribution >= 4 is 26.8 Å². The Morgan fingerprint density at radius 3 is 2.72 bits per heavy atom. The van der Waals surface area contributed by atoms with Crippen molar-refractivity contribution in [1.29, 1.82) is 0 Å². The first kappa shape index (κ1) is 27.2. The Bertz CT molecular complexity index is 1640. The fourth-order valence-electron chi connectivity index (χ4n) is 4.70. The van der Waals surface area contributed by atoms with E-state index in [2.05, 4.69) is 15.2 Å². The number of aromatic nitrogens is 6. The number of aliphatic hydroxyl groups is 1. The van der Waals surface area contributed by atoms with Crippen LogP contribution in [0.25, 0.3) is 28.2 Å². The zero-order valence-electron chi connectivity index (χ0n) is 22.4. The van der Waals surface area contributed by atoms with E-state index < -0.39 is 10.0 Å². The van der Waals surface area contributed by atoms with E-state index in [1.807, 2.05) is 25.8 Å². The molecule has 1 aromatic carbocycles. The molecule has 0 unspecified atom stereocenters. The Morgan fingerprint density at radius 1 is 1.21 bits per heavy atom. The van der Waals surface area contributed by atoms with Crippen LogP contribution in [-0.2, 0) is 16.6 Å². The molecular weight excluding hydrogens is 524 g/mol. The van der Waals surface area contributed by atoms with Gasteiger partial charge in [-0.2, -0.15) is 4.31 Å². The molecule has 4 heterocycles. The number of nitrogens with one attached hydrogen (secondary N) is 1. The number of rotatable bonds is 12. The van der Waals surface area contributed by atoms with Crippen molar-refractivity contribution in [2.45, 2.75) is 50.6 Å². The SMILES string of the molecule is CCCCn1c(=O)n2cnnc2c2[nH]c(-c3cc(S(=O)(=O)N4CC(N(C)CCO)C4)ccc3OCCC)nc21. The monoisotopic (exact) mass is 558 g/mol. The molecule has 3 aromatic heterocycles. The molecule has 5 rings (SSSR count). The molecule has 4 aromatic rings. The minimum atomic E-state index is -3.77. The lowest BCUT2D eigenvalue weighted by Gasteiger charge is -2.42. The molecule has 0 atom stereocenters. The van der Waals surface area contributed by atoms with E-state index in [9.17, 15) is 18.3 Å². The highest BCUT2D eigenvalue weighted by Crippen LogP contribution is 2.34. The predicted octanol–water partition coefficient (Wildman–Crippen LogP) is 1.32. The number of aryl methyl sites for hydroxylation is 1. The van der Waals surface area contributed by atoms with Crippen LogP contribution in [-0.4, -0.2) is 97.8 Å². The summed E-state index contributed by atoms with van der Waals surface area (Å²) < 4.78 is 37.4. The summed E-state index contributed by atoms with van der Waals surface area (Å²) in [5.41, 5.74) is 1.50. The van der Waals surface area contributed by atoms with Gasteiger partial charge in [0.05, 0.1) is 23.7 Å². The molecule has 1 aliphatic rings. The van der Waals surface area contributed by atoms with Gasteiger partial charge in [0.2, 0.25) is 10.0 Å². The van der Waals surface area contributed by atoms with E-state index in [1.165, 1.54) is 15.0 Å². The predicted molar refractivity (Wildman–Crippen MR) is 145 cm³/mol. The molecule has 1 saturated heterocycles. The van der Waals surface area contributed by atoms with Gasteiger partial charge in [0.15, 0.2) is 11.3 Å². The number of ether oxygens (including phenoxy) is 1. The summed E-state index contributed by atoms with van der Waals surface area (Å²) in [7, 11) is -1.90. The number of benzene rings is 1. The van der Waals surface area contributed by atoms with E-state index in [4.69, 9.17) is 9.72 Å². The highest BCUT2D eigenvalue weighted by atomic mass is 32.2. The lowest BCUT2D eigenvalue weighted by atomic mass is 10.1. The van der Waals surface area contributed by atoms with Gasteiger partial charge in [0, 0.05) is 32.2 Å². The zero-order valence-corrected chi connectivity index (χ0v) is 23.2. The van der Waals surface area contributed by atoms with Gasteiger partial charge in [0.1, 0.15) is 23.4 Å². The first-order valence-corrected chi connectivity index (χ1v) is 14.6. The Balaban J connectivity index is 1.58. The molecule has 13 nitrogen and oxygen atoms in total. The van der Waals surface area contributed by atoms with Crippen molar-refractivity contribution in [2.24, 2.45) is 0 Å². The summed E-state index contributed by atoms with van der Waals surface area (Å²) in [6.07, 6.45) is 3.83. The lowest BCUT2D eigenvalue weighted by Crippen LogP contribution is -2.60. The van der Waals surface area contributed by atoms with E-state index >= 15 is 0 Å². The summed E-state index contributed by atoms with van der Waals surface area (Å²) >= 11 is 0. The van der Waals surface area contributed by atoms with Crippen LogP contribution >= 0.6 is 0 Å². The van der Waals surface area contributed by atoms with E-state index in [0.717, 1.165) is 19.3 Å². The number of likely N-dealkylation sites (N-methyl/N-ethyl adjacent to an activating group) is 1. The molecule has 14 heteroatoms. The molecule has 0 radical (unpaired) electrons. The van der Waals surface area contributed by atoms with Crippen molar-refractivity contribution < 1.29 is 18.3 Å². The normalized spacial score (nSPS) is 15.0. The van der Waals surface area contributed by atoms with Gasteiger partial charge in [-0.05, 0) is 38.1 Å². The summed E-state index contributed by atoms with van der Waals surface area (Å²) in [5.74, 6) is 0.858. The third-order valence-electron chi connectivity index (χ3n) is 7.09. The molecule has 0 aliphatic carbocycles. The van der Waals surface area contributed by atoms with Crippen molar-refractivity contribution in [1.82, 2.24) is 38.3 Å². The van der Waals surface area contributed by atoms with Crippen LogP contribution in [0.5, 0.6) is 5.75 Å². The average molecular weight is 559 g/mol. The maximum atomic E-state index is 13.5. The molecule has 0 saturated carbocycles. The average Bonchev–Trinajstić information content (AvgIpc) is 3.54. The largest absolute Gasteiger partial charge is 0.493 e. The third kappa shape index (κ3) is 4.93. The molecule has 0 amide bonds. The number of aliphatic hydroxyl groups excluding tert-OH is 1. The Morgan fingerprint density at radius 2 is 2.00 bits per heavy atom. The van der Waals surface area contributed by atoms with Crippen molar-refractivity contribution in [2.75, 3.05) is 39.9 Å². The Labute approximate surface area is 226 Å². The van der Waals surface area contributed by atoms with Crippen LogP contribution < -0.4 is 10.4 Å². The molecular formula is C25H34N8O5S. The first-order chi connectivity index (χ1) is 18.8. The number of sulfonamides is 1. The van der Waals surface area contributed by atoms with Gasteiger partial charge in [-0.25, -0.2) is 22.6 Å². The van der Waals surface area contributed by atoms with Gasteiger partial charge < -0.3 is 14.8 Å². The highest BCUT2D eigenvalue weighted by molar-refractivity contribution is 7.89. The molecule has 2 N–H and O–H groups in total. The van der Waals surface area contributed by atoms with Crippen LogP contribution in [0.4, 0.5) is 0 Å². The molecule has 0 bridgehead atoms. The van der Waals surface area contributed by atoms with Crippen LogP contribution in [0.15, 0.2) is 34.2 Å². The third-order valence-corrected chi connectivity index (χ3v) is 8.92. The summed E-state index contributed by atoms with van der Waals surface area (Å²) in [6, 6.07) is 4.82. The number of fused-ring (bicyclic) bond motifs is 3. The summed E-state index contributed by atoms with van der Waals surface area (Å²) in [4.78, 5) is 23.2. The fourth-order valence-corrected chi connectivity index (χ4v) is 6.24. The van der Waals surface area contributed by atoms with Gasteiger partial charge >= 0.3 is 5.69 Å². The number of hydrogen-bond acceptors (Lipinski definition) is 9. The molecule has 1 aliphatic heterocycles. The van der Waals surface area contributed by atoms with Crippen LogP contribution in [0.3, 0.4) is 0 Å². The Hall–Kier alpha value is -3.33. The number of aromatic amines is 1. The standard InChI is InChI=1S/C25H34N8O5S/c1-4-6-9-32-23-21(24-29-26-16-33(24)25(32)35)27-22(28-23)19-13-18(7-8-20(19)38-12-5-2)39(36,37)31-14-17(15-31)30(3)10-11-34/h7-8,13,16-17,34H,4-6,9-12,14-15H2,1-3H3,(H,27,28). The minimum absolute atomic E-state index is 0.0211. The second-order valence-corrected chi connectivity index (χ2v) is 11.7. The van der Waals surface area contributed by atoms with Gasteiger partial charge in [-0.1, -0.05) is 20.3 Å². The fraction of sp³-hybridized carbons (Fsp3) is 0.520. The number of H-pyrrole nitrogens is 1. The number of imidazole rings is 1.